The molecule has 0 unspecified atom stereocenters. The molecule has 0 aliphatic carbocycles. The van der Waals surface area contributed by atoms with Crippen molar-refractivity contribution in [1.29, 1.82) is 5.26 Å². The van der Waals surface area contributed by atoms with E-state index < -0.39 is 0 Å². The quantitative estimate of drug-likeness (QED) is 0.591. The first-order valence-corrected chi connectivity index (χ1v) is 8.08. The summed E-state index contributed by atoms with van der Waals surface area (Å²) in [4.78, 5) is 0. The van der Waals surface area contributed by atoms with Crippen LogP contribution in [0.15, 0.2) is 34.6 Å². The van der Waals surface area contributed by atoms with Gasteiger partial charge in [-0.05, 0) is 66.0 Å². The predicted octanol–water partition coefficient (Wildman–Crippen LogP) is 4.21. The number of nitrogens with one attached hydrogen (secondary N) is 2. The zero-order valence-corrected chi connectivity index (χ0v) is 15.2. The van der Waals surface area contributed by atoms with E-state index in [9.17, 15) is 0 Å². The topological polar surface area (TPSA) is 47.9 Å². The zero-order valence-electron chi connectivity index (χ0n) is 15.2. The van der Waals surface area contributed by atoms with E-state index in [2.05, 4.69) is 77.3 Å². The highest BCUT2D eigenvalue weighted by atomic mass is 15.0. The predicted molar refractivity (Wildman–Crippen MR) is 94.4 cm³/mol. The van der Waals surface area contributed by atoms with Crippen LogP contribution in [0.4, 0.5) is 0 Å². The highest BCUT2D eigenvalue weighted by Crippen LogP contribution is 2.32. The van der Waals surface area contributed by atoms with Crippen molar-refractivity contribution in [1.82, 2.24) is 10.6 Å². The lowest BCUT2D eigenvalue weighted by Gasteiger charge is -2.42. The number of rotatable bonds is 5. The Hall–Kier alpha value is -1.53. The first kappa shape index (κ1) is 18.5. The van der Waals surface area contributed by atoms with Crippen molar-refractivity contribution in [3.63, 3.8) is 0 Å². The summed E-state index contributed by atoms with van der Waals surface area (Å²) in [7, 11) is 0. The van der Waals surface area contributed by atoms with Gasteiger partial charge < -0.3 is 10.6 Å². The third-order valence-electron chi connectivity index (χ3n) is 4.09. The monoisotopic (exact) mass is 301 g/mol. The molecule has 0 aromatic carbocycles. The normalized spacial score (nSPS) is 21.5. The van der Waals surface area contributed by atoms with Crippen LogP contribution in [-0.4, -0.2) is 17.6 Å². The van der Waals surface area contributed by atoms with Crippen molar-refractivity contribution < 1.29 is 0 Å². The van der Waals surface area contributed by atoms with Crippen molar-refractivity contribution in [2.24, 2.45) is 0 Å². The van der Waals surface area contributed by atoms with Gasteiger partial charge in [0, 0.05) is 23.3 Å². The second kappa shape index (κ2) is 7.15. The molecule has 1 aliphatic rings. The summed E-state index contributed by atoms with van der Waals surface area (Å²) < 4.78 is 0. The molecule has 0 aromatic heterocycles. The molecular weight excluding hydrogens is 270 g/mol. The Labute approximate surface area is 136 Å². The van der Waals surface area contributed by atoms with Crippen LogP contribution in [0.5, 0.6) is 0 Å². The molecule has 1 rings (SSSR count). The van der Waals surface area contributed by atoms with Crippen molar-refractivity contribution in [2.45, 2.75) is 72.4 Å². The maximum atomic E-state index is 8.81. The van der Waals surface area contributed by atoms with E-state index >= 15 is 0 Å². The summed E-state index contributed by atoms with van der Waals surface area (Å²) in [6, 6.07) is 2.21. The molecule has 0 amide bonds. The molecule has 0 bridgehead atoms. The largest absolute Gasteiger partial charge is 0.384 e. The van der Waals surface area contributed by atoms with E-state index in [1.54, 1.807) is 0 Å². The lowest BCUT2D eigenvalue weighted by atomic mass is 9.81. The summed E-state index contributed by atoms with van der Waals surface area (Å²) >= 11 is 0. The molecule has 0 aromatic rings. The van der Waals surface area contributed by atoms with E-state index in [4.69, 9.17) is 5.26 Å². The molecule has 3 heteroatoms. The Bertz CT molecular complexity index is 540. The summed E-state index contributed by atoms with van der Waals surface area (Å²) in [5, 5.41) is 16.0. The molecule has 0 fully saturated rings. The minimum atomic E-state index is -0.0383. The van der Waals surface area contributed by atoms with Crippen molar-refractivity contribution in [2.75, 3.05) is 6.54 Å². The fourth-order valence-corrected chi connectivity index (χ4v) is 3.22. The van der Waals surface area contributed by atoms with Crippen LogP contribution in [0, 0.1) is 11.3 Å². The standard InChI is InChI=1S/C19H31N3/c1-8-14(2)15(3)17(21-11-9-10-20)16-12-18(4,5)22-19(6,7)13-16/h8,12,21-22H,9,11,13H2,1-7H3/b14-8-,17-15+. The number of allylic oxidation sites excluding steroid dienone is 4. The number of hydrogen-bond donors (Lipinski definition) is 2. The molecule has 1 aliphatic heterocycles. The van der Waals surface area contributed by atoms with E-state index in [1.807, 2.05) is 0 Å². The smallest absolute Gasteiger partial charge is 0.0640 e. The summed E-state index contributed by atoms with van der Waals surface area (Å²) in [6.45, 7) is 15.9. The SMILES string of the molecule is C/C=C(C)\C(C)=C(\NCCC#N)C1=CC(C)(C)NC(C)(C)C1. The minimum absolute atomic E-state index is 0.0383. The molecular formula is C19H31N3. The minimum Gasteiger partial charge on any atom is -0.384 e. The fourth-order valence-electron chi connectivity index (χ4n) is 3.22. The van der Waals surface area contributed by atoms with Crippen molar-refractivity contribution in [3.8, 4) is 6.07 Å². The van der Waals surface area contributed by atoms with Gasteiger partial charge in [-0.3, -0.25) is 0 Å². The molecule has 1 heterocycles. The van der Waals surface area contributed by atoms with Crippen LogP contribution in [0.2, 0.25) is 0 Å². The Morgan fingerprint density at radius 3 is 2.50 bits per heavy atom. The zero-order chi connectivity index (χ0) is 17.0. The van der Waals surface area contributed by atoms with Crippen LogP contribution in [0.1, 0.15) is 61.3 Å². The van der Waals surface area contributed by atoms with Gasteiger partial charge in [-0.2, -0.15) is 5.26 Å². The summed E-state index contributed by atoms with van der Waals surface area (Å²) in [5.74, 6) is 0. The molecule has 0 saturated carbocycles. The molecule has 0 saturated heterocycles. The highest BCUT2D eigenvalue weighted by Gasteiger charge is 2.33. The Morgan fingerprint density at radius 1 is 1.36 bits per heavy atom. The van der Waals surface area contributed by atoms with E-state index in [1.165, 1.54) is 22.4 Å². The summed E-state index contributed by atoms with van der Waals surface area (Å²) in [6.07, 6.45) is 5.95. The first-order chi connectivity index (χ1) is 10.1. The Morgan fingerprint density at radius 2 is 2.00 bits per heavy atom. The first-order valence-electron chi connectivity index (χ1n) is 8.08. The summed E-state index contributed by atoms with van der Waals surface area (Å²) in [5.41, 5.74) is 5.08. The third kappa shape index (κ3) is 5.03. The second-order valence-electron chi connectivity index (χ2n) is 7.38. The molecule has 2 N–H and O–H groups in total. The van der Waals surface area contributed by atoms with Gasteiger partial charge in [-0.15, -0.1) is 0 Å². The third-order valence-corrected chi connectivity index (χ3v) is 4.09. The van der Waals surface area contributed by atoms with Crippen molar-refractivity contribution in [3.05, 3.63) is 34.6 Å². The van der Waals surface area contributed by atoms with Gasteiger partial charge in [0.1, 0.15) is 0 Å². The van der Waals surface area contributed by atoms with Gasteiger partial charge in [0.05, 0.1) is 12.5 Å². The maximum Gasteiger partial charge on any atom is 0.0640 e. The fraction of sp³-hybridized carbons (Fsp3) is 0.632. The van der Waals surface area contributed by atoms with Crippen LogP contribution >= 0.6 is 0 Å². The number of hydrogen-bond acceptors (Lipinski definition) is 3. The van der Waals surface area contributed by atoms with Crippen LogP contribution in [0.25, 0.3) is 0 Å². The number of nitrogens with zero attached hydrogens (tertiary/aromatic N) is 1. The van der Waals surface area contributed by atoms with Gasteiger partial charge in [-0.1, -0.05) is 17.7 Å². The molecule has 22 heavy (non-hydrogen) atoms. The van der Waals surface area contributed by atoms with Crippen LogP contribution < -0.4 is 10.6 Å². The van der Waals surface area contributed by atoms with E-state index in [0.29, 0.717) is 13.0 Å². The molecule has 0 spiro atoms. The van der Waals surface area contributed by atoms with Gasteiger partial charge in [0.2, 0.25) is 0 Å². The van der Waals surface area contributed by atoms with Crippen molar-refractivity contribution >= 4 is 0 Å². The van der Waals surface area contributed by atoms with E-state index in [-0.39, 0.29) is 11.1 Å². The Kier molecular flexibility index (Phi) is 6.02. The van der Waals surface area contributed by atoms with Gasteiger partial charge in [0.25, 0.3) is 0 Å². The average Bonchev–Trinajstić information content (AvgIpc) is 2.38. The lowest BCUT2D eigenvalue weighted by Crippen LogP contribution is -2.54. The Balaban J connectivity index is 3.27. The molecule has 0 radical (unpaired) electrons. The maximum absolute atomic E-state index is 8.81. The van der Waals surface area contributed by atoms with Gasteiger partial charge in [-0.25, -0.2) is 0 Å². The van der Waals surface area contributed by atoms with Gasteiger partial charge in [0.15, 0.2) is 0 Å². The molecule has 122 valence electrons. The van der Waals surface area contributed by atoms with Gasteiger partial charge >= 0.3 is 0 Å². The lowest BCUT2D eigenvalue weighted by molar-refractivity contribution is 0.283. The van der Waals surface area contributed by atoms with E-state index in [0.717, 1.165) is 6.42 Å². The van der Waals surface area contributed by atoms with Crippen LogP contribution in [0.3, 0.4) is 0 Å². The molecule has 3 nitrogen and oxygen atoms in total. The average molecular weight is 301 g/mol. The highest BCUT2D eigenvalue weighted by molar-refractivity contribution is 5.45. The second-order valence-corrected chi connectivity index (χ2v) is 7.38. The molecule has 0 atom stereocenters. The van der Waals surface area contributed by atoms with Crippen LogP contribution in [-0.2, 0) is 0 Å². The number of nitriles is 1.